The number of imidazole rings is 1. The van der Waals surface area contributed by atoms with Crippen LogP contribution in [0.2, 0.25) is 0 Å². The van der Waals surface area contributed by atoms with E-state index in [1.165, 1.54) is 0 Å². The van der Waals surface area contributed by atoms with Crippen LogP contribution in [0.1, 0.15) is 27.8 Å². The lowest BCUT2D eigenvalue weighted by Crippen LogP contribution is -2.38. The molecular weight excluding hydrogens is 294 g/mol. The van der Waals surface area contributed by atoms with Crippen LogP contribution in [0, 0.1) is 6.92 Å². The SMILES string of the molecule is Cc1ccc(C(=O)N2CCn3c(Cn4cccn4)cnc3C2)o1. The molecule has 0 unspecified atom stereocenters. The van der Waals surface area contributed by atoms with E-state index < -0.39 is 0 Å². The summed E-state index contributed by atoms with van der Waals surface area (Å²) in [6.45, 7) is 4.40. The summed E-state index contributed by atoms with van der Waals surface area (Å²) < 4.78 is 9.47. The van der Waals surface area contributed by atoms with E-state index in [0.29, 0.717) is 25.4 Å². The average Bonchev–Trinajstić information content (AvgIpc) is 3.28. The van der Waals surface area contributed by atoms with E-state index in [-0.39, 0.29) is 5.91 Å². The van der Waals surface area contributed by atoms with Gasteiger partial charge >= 0.3 is 0 Å². The first kappa shape index (κ1) is 13.8. The molecule has 0 N–H and O–H groups in total. The van der Waals surface area contributed by atoms with Crippen molar-refractivity contribution in [3.8, 4) is 0 Å². The number of hydrogen-bond donors (Lipinski definition) is 0. The molecule has 0 fully saturated rings. The average molecular weight is 311 g/mol. The minimum absolute atomic E-state index is 0.0824. The van der Waals surface area contributed by atoms with E-state index in [0.717, 1.165) is 23.8 Å². The minimum atomic E-state index is -0.0824. The number of aromatic nitrogens is 4. The minimum Gasteiger partial charge on any atom is -0.456 e. The predicted molar refractivity (Wildman–Crippen MR) is 81.7 cm³/mol. The van der Waals surface area contributed by atoms with Gasteiger partial charge in [-0.2, -0.15) is 5.10 Å². The lowest BCUT2D eigenvalue weighted by atomic mass is 10.3. The fourth-order valence-corrected chi connectivity index (χ4v) is 2.89. The van der Waals surface area contributed by atoms with Crippen molar-refractivity contribution >= 4 is 5.91 Å². The Labute approximate surface area is 133 Å². The number of carbonyl (C=O) groups is 1. The van der Waals surface area contributed by atoms with Gasteiger partial charge in [-0.25, -0.2) is 4.98 Å². The molecule has 7 heteroatoms. The van der Waals surface area contributed by atoms with Gasteiger partial charge in [0.1, 0.15) is 11.6 Å². The first-order valence-electron chi connectivity index (χ1n) is 7.57. The normalized spacial score (nSPS) is 14.0. The van der Waals surface area contributed by atoms with Crippen LogP contribution in [-0.2, 0) is 19.6 Å². The molecule has 1 aliphatic heterocycles. The maximum atomic E-state index is 12.5. The molecule has 3 aromatic rings. The summed E-state index contributed by atoms with van der Waals surface area (Å²) >= 11 is 0. The molecule has 0 spiro atoms. The zero-order chi connectivity index (χ0) is 15.8. The molecule has 0 saturated carbocycles. The summed E-state index contributed by atoms with van der Waals surface area (Å²) in [5.41, 5.74) is 1.10. The highest BCUT2D eigenvalue weighted by molar-refractivity contribution is 5.91. The number of fused-ring (bicyclic) bond motifs is 1. The molecule has 1 aliphatic rings. The Bertz CT molecular complexity index is 831. The van der Waals surface area contributed by atoms with Gasteiger partial charge in [0.05, 0.1) is 25.0 Å². The van der Waals surface area contributed by atoms with E-state index in [2.05, 4.69) is 14.6 Å². The summed E-state index contributed by atoms with van der Waals surface area (Å²) in [5, 5.41) is 4.22. The van der Waals surface area contributed by atoms with Crippen molar-refractivity contribution in [2.75, 3.05) is 6.54 Å². The zero-order valence-electron chi connectivity index (χ0n) is 12.8. The lowest BCUT2D eigenvalue weighted by molar-refractivity contribution is 0.0672. The molecule has 0 radical (unpaired) electrons. The van der Waals surface area contributed by atoms with Crippen LogP contribution < -0.4 is 0 Å². The molecule has 3 aromatic heterocycles. The van der Waals surface area contributed by atoms with Crippen LogP contribution in [0.25, 0.3) is 0 Å². The van der Waals surface area contributed by atoms with Crippen LogP contribution in [0.4, 0.5) is 0 Å². The molecule has 0 atom stereocenters. The fraction of sp³-hybridized carbons (Fsp3) is 0.312. The maximum absolute atomic E-state index is 12.5. The standard InChI is InChI=1S/C16H17N5O2/c1-12-3-4-14(23-12)16(22)19-7-8-21-13(9-17-15(21)11-19)10-20-6-2-5-18-20/h2-6,9H,7-8,10-11H2,1H3. The molecule has 0 saturated heterocycles. The highest BCUT2D eigenvalue weighted by Crippen LogP contribution is 2.18. The third kappa shape index (κ3) is 2.54. The molecule has 1 amide bonds. The summed E-state index contributed by atoms with van der Waals surface area (Å²) in [5.74, 6) is 1.95. The number of nitrogens with zero attached hydrogens (tertiary/aromatic N) is 5. The van der Waals surface area contributed by atoms with Gasteiger partial charge in [-0.15, -0.1) is 0 Å². The van der Waals surface area contributed by atoms with Crippen molar-refractivity contribution in [1.82, 2.24) is 24.2 Å². The summed E-state index contributed by atoms with van der Waals surface area (Å²) in [6.07, 6.45) is 5.55. The smallest absolute Gasteiger partial charge is 0.290 e. The van der Waals surface area contributed by atoms with Gasteiger partial charge in [0.25, 0.3) is 5.91 Å². The number of aryl methyl sites for hydroxylation is 1. The molecular formula is C16H17N5O2. The van der Waals surface area contributed by atoms with E-state index in [1.807, 2.05) is 30.1 Å². The molecule has 118 valence electrons. The molecule has 4 rings (SSSR count). The Morgan fingerprint density at radius 2 is 2.26 bits per heavy atom. The summed E-state index contributed by atoms with van der Waals surface area (Å²) in [7, 11) is 0. The third-order valence-corrected chi connectivity index (χ3v) is 4.07. The van der Waals surface area contributed by atoms with Gasteiger partial charge < -0.3 is 13.9 Å². The Hall–Kier alpha value is -2.83. The van der Waals surface area contributed by atoms with Crippen molar-refractivity contribution in [2.45, 2.75) is 26.6 Å². The Morgan fingerprint density at radius 3 is 3.00 bits per heavy atom. The van der Waals surface area contributed by atoms with Gasteiger partial charge in [-0.3, -0.25) is 9.48 Å². The zero-order valence-corrected chi connectivity index (χ0v) is 12.8. The molecule has 23 heavy (non-hydrogen) atoms. The second-order valence-corrected chi connectivity index (χ2v) is 5.66. The number of furan rings is 1. The second kappa shape index (κ2) is 5.42. The van der Waals surface area contributed by atoms with Crippen LogP contribution in [-0.4, -0.2) is 36.7 Å². The first-order valence-corrected chi connectivity index (χ1v) is 7.57. The van der Waals surface area contributed by atoms with E-state index in [1.54, 1.807) is 23.2 Å². The lowest BCUT2D eigenvalue weighted by Gasteiger charge is -2.28. The second-order valence-electron chi connectivity index (χ2n) is 5.66. The number of hydrogen-bond acceptors (Lipinski definition) is 4. The fourth-order valence-electron chi connectivity index (χ4n) is 2.89. The number of amides is 1. The van der Waals surface area contributed by atoms with Crippen LogP contribution >= 0.6 is 0 Å². The molecule has 4 heterocycles. The van der Waals surface area contributed by atoms with Crippen LogP contribution in [0.15, 0.2) is 41.2 Å². The Morgan fingerprint density at radius 1 is 1.35 bits per heavy atom. The highest BCUT2D eigenvalue weighted by atomic mass is 16.3. The first-order chi connectivity index (χ1) is 11.2. The van der Waals surface area contributed by atoms with Crippen molar-refractivity contribution in [3.05, 3.63) is 59.8 Å². The Balaban J connectivity index is 1.52. The van der Waals surface area contributed by atoms with Crippen molar-refractivity contribution in [2.24, 2.45) is 0 Å². The largest absolute Gasteiger partial charge is 0.456 e. The molecule has 0 aromatic carbocycles. The maximum Gasteiger partial charge on any atom is 0.290 e. The van der Waals surface area contributed by atoms with Gasteiger partial charge in [0, 0.05) is 25.5 Å². The molecule has 7 nitrogen and oxygen atoms in total. The van der Waals surface area contributed by atoms with E-state index in [9.17, 15) is 4.79 Å². The molecule has 0 bridgehead atoms. The van der Waals surface area contributed by atoms with E-state index in [4.69, 9.17) is 4.42 Å². The third-order valence-electron chi connectivity index (χ3n) is 4.07. The molecule has 0 aliphatic carbocycles. The number of carbonyl (C=O) groups excluding carboxylic acids is 1. The van der Waals surface area contributed by atoms with Crippen molar-refractivity contribution in [1.29, 1.82) is 0 Å². The van der Waals surface area contributed by atoms with Crippen LogP contribution in [0.5, 0.6) is 0 Å². The summed E-state index contributed by atoms with van der Waals surface area (Å²) in [6, 6.07) is 5.43. The van der Waals surface area contributed by atoms with Crippen molar-refractivity contribution in [3.63, 3.8) is 0 Å². The van der Waals surface area contributed by atoms with Crippen LogP contribution in [0.3, 0.4) is 0 Å². The Kier molecular flexibility index (Phi) is 3.25. The van der Waals surface area contributed by atoms with Gasteiger partial charge in [-0.1, -0.05) is 0 Å². The monoisotopic (exact) mass is 311 g/mol. The quantitative estimate of drug-likeness (QED) is 0.738. The summed E-state index contributed by atoms with van der Waals surface area (Å²) in [4.78, 5) is 18.7. The van der Waals surface area contributed by atoms with Gasteiger partial charge in [0.15, 0.2) is 5.76 Å². The van der Waals surface area contributed by atoms with Gasteiger partial charge in [-0.05, 0) is 25.1 Å². The predicted octanol–water partition coefficient (Wildman–Crippen LogP) is 1.69. The van der Waals surface area contributed by atoms with Crippen molar-refractivity contribution < 1.29 is 9.21 Å². The topological polar surface area (TPSA) is 69.1 Å². The van der Waals surface area contributed by atoms with E-state index >= 15 is 0 Å². The van der Waals surface area contributed by atoms with Gasteiger partial charge in [0.2, 0.25) is 0 Å². The highest BCUT2D eigenvalue weighted by Gasteiger charge is 2.25. The number of rotatable bonds is 3.